The summed E-state index contributed by atoms with van der Waals surface area (Å²) in [6.07, 6.45) is 0. The average molecular weight is 431 g/mol. The van der Waals surface area contributed by atoms with E-state index in [4.69, 9.17) is 27.9 Å². The first-order chi connectivity index (χ1) is 12.7. The Morgan fingerprint density at radius 2 is 1.52 bits per heavy atom. The van der Waals surface area contributed by atoms with Crippen LogP contribution in [0.25, 0.3) is 0 Å². The molecular weight excluding hydrogens is 415 g/mol. The van der Waals surface area contributed by atoms with Crippen molar-refractivity contribution in [2.45, 2.75) is 4.90 Å². The van der Waals surface area contributed by atoms with Gasteiger partial charge in [-0.2, -0.15) is 4.31 Å². The minimum atomic E-state index is -3.88. The van der Waals surface area contributed by atoms with Crippen LogP contribution in [0.2, 0.25) is 10.0 Å². The van der Waals surface area contributed by atoms with E-state index < -0.39 is 35.1 Å². The number of carbonyl (C=O) groups excluding carboxylic acids is 2. The molecule has 0 aliphatic heterocycles. The number of nitrogens with zero attached hydrogens (tertiary/aromatic N) is 1. The van der Waals surface area contributed by atoms with Gasteiger partial charge in [-0.1, -0.05) is 23.2 Å². The minimum Gasteiger partial charge on any atom is -0.455 e. The summed E-state index contributed by atoms with van der Waals surface area (Å²) >= 11 is 11.5. The first-order valence-corrected chi connectivity index (χ1v) is 9.81. The first-order valence-electron chi connectivity index (χ1n) is 7.61. The van der Waals surface area contributed by atoms with Crippen molar-refractivity contribution in [3.05, 3.63) is 58.6 Å². The highest BCUT2D eigenvalue weighted by molar-refractivity contribution is 7.89. The smallest absolute Gasteiger partial charge is 0.321 e. The van der Waals surface area contributed by atoms with Crippen LogP contribution in [0.1, 0.15) is 0 Å². The van der Waals surface area contributed by atoms with E-state index in [9.17, 15) is 18.0 Å². The fourth-order valence-corrected chi connectivity index (χ4v) is 3.34. The third kappa shape index (κ3) is 6.21. The molecule has 2 aromatic carbocycles. The number of esters is 1. The van der Waals surface area contributed by atoms with E-state index in [1.807, 2.05) is 0 Å². The molecule has 0 atom stereocenters. The van der Waals surface area contributed by atoms with Crippen molar-refractivity contribution in [1.82, 2.24) is 4.31 Å². The van der Waals surface area contributed by atoms with Gasteiger partial charge in [0, 0.05) is 22.8 Å². The maximum absolute atomic E-state index is 12.4. The number of likely N-dealkylation sites (N-methyl/N-ethyl adjacent to an activating group) is 1. The number of carbonyl (C=O) groups is 2. The van der Waals surface area contributed by atoms with Gasteiger partial charge in [0.15, 0.2) is 6.61 Å². The van der Waals surface area contributed by atoms with Gasteiger partial charge in [0.25, 0.3) is 5.91 Å². The summed E-state index contributed by atoms with van der Waals surface area (Å²) in [6, 6.07) is 11.9. The summed E-state index contributed by atoms with van der Waals surface area (Å²) in [6.45, 7) is -1.09. The molecule has 0 heterocycles. The molecule has 144 valence electrons. The van der Waals surface area contributed by atoms with Crippen LogP contribution < -0.4 is 5.32 Å². The zero-order chi connectivity index (χ0) is 20.0. The predicted octanol–water partition coefficient (Wildman–Crippen LogP) is 2.80. The maximum atomic E-state index is 12.4. The highest BCUT2D eigenvalue weighted by Gasteiger charge is 2.23. The molecule has 0 saturated heterocycles. The molecule has 0 fully saturated rings. The van der Waals surface area contributed by atoms with E-state index in [1.165, 1.54) is 31.3 Å². The van der Waals surface area contributed by atoms with Crippen LogP contribution in [0.5, 0.6) is 0 Å². The highest BCUT2D eigenvalue weighted by atomic mass is 35.5. The number of ether oxygens (including phenoxy) is 1. The SMILES string of the molecule is CN(CC(=O)OCC(=O)Nc1ccc(Cl)cc1)S(=O)(=O)c1ccc(Cl)cc1. The van der Waals surface area contributed by atoms with Gasteiger partial charge in [-0.05, 0) is 48.5 Å². The molecule has 27 heavy (non-hydrogen) atoms. The van der Waals surface area contributed by atoms with Crippen molar-refractivity contribution in [3.8, 4) is 0 Å². The average Bonchev–Trinajstić information content (AvgIpc) is 2.62. The fourth-order valence-electron chi connectivity index (χ4n) is 1.98. The molecule has 0 aliphatic rings. The standard InChI is InChI=1S/C17H16Cl2N2O5S/c1-21(27(24,25)15-8-4-13(19)5-9-15)10-17(23)26-11-16(22)20-14-6-2-12(18)3-7-14/h2-9H,10-11H2,1H3,(H,20,22). The number of nitrogens with one attached hydrogen (secondary N) is 1. The van der Waals surface area contributed by atoms with Crippen molar-refractivity contribution in [3.63, 3.8) is 0 Å². The molecule has 0 spiro atoms. The summed E-state index contributed by atoms with van der Waals surface area (Å²) in [5, 5.41) is 3.43. The van der Waals surface area contributed by atoms with E-state index in [-0.39, 0.29) is 4.90 Å². The van der Waals surface area contributed by atoms with Crippen LogP contribution in [-0.2, 0) is 24.3 Å². The molecule has 10 heteroatoms. The van der Waals surface area contributed by atoms with Crippen LogP contribution in [-0.4, -0.2) is 44.8 Å². The molecule has 1 N–H and O–H groups in total. The van der Waals surface area contributed by atoms with Crippen LogP contribution in [0.15, 0.2) is 53.4 Å². The first kappa shape index (κ1) is 21.2. The maximum Gasteiger partial charge on any atom is 0.321 e. The second-order valence-corrected chi connectivity index (χ2v) is 8.35. The number of rotatable bonds is 7. The van der Waals surface area contributed by atoms with Gasteiger partial charge in [-0.25, -0.2) is 8.42 Å². The third-order valence-electron chi connectivity index (χ3n) is 3.37. The Labute approximate surface area is 166 Å². The lowest BCUT2D eigenvalue weighted by Crippen LogP contribution is -2.34. The van der Waals surface area contributed by atoms with Crippen molar-refractivity contribution in [2.24, 2.45) is 0 Å². The molecule has 0 bridgehead atoms. The van der Waals surface area contributed by atoms with Gasteiger partial charge < -0.3 is 10.1 Å². The summed E-state index contributed by atoms with van der Waals surface area (Å²) in [4.78, 5) is 23.6. The second-order valence-electron chi connectivity index (χ2n) is 5.43. The third-order valence-corrected chi connectivity index (χ3v) is 5.69. The number of sulfonamides is 1. The van der Waals surface area contributed by atoms with Crippen molar-refractivity contribution >= 4 is 50.8 Å². The molecular formula is C17H16Cl2N2O5S. The lowest BCUT2D eigenvalue weighted by molar-refractivity contribution is -0.147. The topological polar surface area (TPSA) is 92.8 Å². The zero-order valence-electron chi connectivity index (χ0n) is 14.2. The monoisotopic (exact) mass is 430 g/mol. The van der Waals surface area contributed by atoms with Crippen LogP contribution in [0, 0.1) is 0 Å². The summed E-state index contributed by atoms with van der Waals surface area (Å²) < 4.78 is 30.4. The molecule has 1 amide bonds. The van der Waals surface area contributed by atoms with E-state index in [0.29, 0.717) is 15.7 Å². The zero-order valence-corrected chi connectivity index (χ0v) is 16.5. The van der Waals surface area contributed by atoms with E-state index in [2.05, 4.69) is 5.32 Å². The largest absolute Gasteiger partial charge is 0.455 e. The Balaban J connectivity index is 1.86. The number of amides is 1. The van der Waals surface area contributed by atoms with E-state index in [0.717, 1.165) is 4.31 Å². The molecule has 2 rings (SSSR count). The number of anilines is 1. The van der Waals surface area contributed by atoms with Crippen LogP contribution in [0.4, 0.5) is 5.69 Å². The van der Waals surface area contributed by atoms with Crippen LogP contribution >= 0.6 is 23.2 Å². The lowest BCUT2D eigenvalue weighted by Gasteiger charge is -2.16. The van der Waals surface area contributed by atoms with Gasteiger partial charge in [-0.3, -0.25) is 9.59 Å². The van der Waals surface area contributed by atoms with Crippen molar-refractivity contribution in [2.75, 3.05) is 25.5 Å². The number of hydrogen-bond donors (Lipinski definition) is 1. The van der Waals surface area contributed by atoms with Gasteiger partial charge >= 0.3 is 5.97 Å². The molecule has 7 nitrogen and oxygen atoms in total. The molecule has 0 unspecified atom stereocenters. The fraction of sp³-hybridized carbons (Fsp3) is 0.176. The second kappa shape index (κ2) is 9.18. The van der Waals surface area contributed by atoms with Gasteiger partial charge in [0.2, 0.25) is 10.0 Å². The number of hydrogen-bond acceptors (Lipinski definition) is 5. The number of halogens is 2. The molecule has 2 aromatic rings. The molecule has 0 saturated carbocycles. The summed E-state index contributed by atoms with van der Waals surface area (Å²) in [5.41, 5.74) is 0.489. The van der Waals surface area contributed by atoms with Gasteiger partial charge in [0.1, 0.15) is 6.54 Å². The van der Waals surface area contributed by atoms with Gasteiger partial charge in [0.05, 0.1) is 4.90 Å². The Morgan fingerprint density at radius 1 is 1.00 bits per heavy atom. The van der Waals surface area contributed by atoms with E-state index >= 15 is 0 Å². The summed E-state index contributed by atoms with van der Waals surface area (Å²) in [5.74, 6) is -1.42. The quantitative estimate of drug-likeness (QED) is 0.681. The van der Waals surface area contributed by atoms with Crippen LogP contribution in [0.3, 0.4) is 0 Å². The Hall–Kier alpha value is -2.13. The Morgan fingerprint density at radius 3 is 2.07 bits per heavy atom. The predicted molar refractivity (Wildman–Crippen MR) is 102 cm³/mol. The van der Waals surface area contributed by atoms with Gasteiger partial charge in [-0.15, -0.1) is 0 Å². The molecule has 0 aromatic heterocycles. The normalized spacial score (nSPS) is 11.3. The highest BCUT2D eigenvalue weighted by Crippen LogP contribution is 2.17. The molecule has 0 radical (unpaired) electrons. The Kier molecular flexibility index (Phi) is 7.20. The minimum absolute atomic E-state index is 0.0114. The summed E-state index contributed by atoms with van der Waals surface area (Å²) in [7, 11) is -2.65. The van der Waals surface area contributed by atoms with Crippen molar-refractivity contribution < 1.29 is 22.7 Å². The Bertz CT molecular complexity index is 915. The molecule has 0 aliphatic carbocycles. The van der Waals surface area contributed by atoms with Crippen molar-refractivity contribution in [1.29, 1.82) is 0 Å². The van der Waals surface area contributed by atoms with E-state index in [1.54, 1.807) is 24.3 Å². The lowest BCUT2D eigenvalue weighted by atomic mass is 10.3. The number of benzene rings is 2.